The van der Waals surface area contributed by atoms with E-state index in [1.165, 1.54) is 0 Å². The van der Waals surface area contributed by atoms with E-state index in [9.17, 15) is 0 Å². The van der Waals surface area contributed by atoms with Crippen molar-refractivity contribution in [1.82, 2.24) is 0 Å². The first-order valence-electron chi connectivity index (χ1n) is 1.08. The molecule has 0 saturated carbocycles. The molecule has 0 rings (SSSR count). The Bertz CT molecular complexity index is 29.0. The van der Waals surface area contributed by atoms with Gasteiger partial charge in [-0.15, -0.1) is 0 Å². The van der Waals surface area contributed by atoms with E-state index in [4.69, 9.17) is 0 Å². The lowest BCUT2D eigenvalue weighted by Gasteiger charge is -1.67. The van der Waals surface area contributed by atoms with Crippen molar-refractivity contribution in [2.75, 3.05) is 6.66 Å². The highest BCUT2D eigenvalue weighted by molar-refractivity contribution is 8.43. The zero-order valence-corrected chi connectivity index (χ0v) is 4.55. The van der Waals surface area contributed by atoms with Crippen LogP contribution < -0.4 is 0 Å². The van der Waals surface area contributed by atoms with Crippen molar-refractivity contribution < 1.29 is 0 Å². The smallest absolute Gasteiger partial charge is 0.0392 e. The average Bonchev–Trinajstić information content (AvgIpc) is 0.811. The monoisotopic (exact) mass is 94.0 g/mol. The van der Waals surface area contributed by atoms with Gasteiger partial charge in [0.15, 0.2) is 0 Å². The lowest BCUT2D eigenvalue weighted by Crippen LogP contribution is -1.21. The summed E-state index contributed by atoms with van der Waals surface area (Å²) in [5.41, 5.74) is 0. The Hall–Kier alpha value is 0.650. The van der Waals surface area contributed by atoms with Crippen molar-refractivity contribution in [3.8, 4) is 0 Å². The van der Waals surface area contributed by atoms with Gasteiger partial charge < -0.3 is 0 Å². The highest BCUT2D eigenvalue weighted by atomic mass is 32.7. The maximum atomic E-state index is 3.96. The average molecular weight is 94.1 g/mol. The first-order chi connectivity index (χ1) is 1.73. The molecular formula is C2H7PS. The molecule has 4 heavy (non-hydrogen) atoms. The summed E-state index contributed by atoms with van der Waals surface area (Å²) in [4.78, 5) is 0. The van der Waals surface area contributed by atoms with Crippen molar-refractivity contribution in [1.29, 1.82) is 0 Å². The summed E-state index contributed by atoms with van der Waals surface area (Å²) in [5.74, 6) is 0. The number of rotatable bonds is 0. The van der Waals surface area contributed by atoms with E-state index in [0.29, 0.717) is 0 Å². The van der Waals surface area contributed by atoms with Gasteiger partial charge in [0.05, 0.1) is 0 Å². The van der Waals surface area contributed by atoms with Crippen LogP contribution in [0.2, 0.25) is 0 Å². The molecule has 26 valence electrons. The van der Waals surface area contributed by atoms with Gasteiger partial charge in [0.25, 0.3) is 0 Å². The molecule has 0 spiro atoms. The fourth-order valence-electron chi connectivity index (χ4n) is 0. The molecule has 0 saturated heterocycles. The fourth-order valence-corrected chi connectivity index (χ4v) is 0. The minimum Gasteiger partial charge on any atom is -0.156 e. The zero-order chi connectivity index (χ0) is 3.58. The summed E-state index contributed by atoms with van der Waals surface area (Å²) in [6.45, 7) is 1.59. The molecule has 0 aliphatic heterocycles. The fraction of sp³-hybridized carbons (Fsp3) is 0.500. The van der Waals surface area contributed by atoms with Gasteiger partial charge in [-0.1, -0.05) is 13.0 Å². The second-order valence-corrected chi connectivity index (χ2v) is 4.50. The summed E-state index contributed by atoms with van der Waals surface area (Å²) in [5, 5.41) is 0. The highest BCUT2D eigenvalue weighted by Gasteiger charge is 1.49. The van der Waals surface area contributed by atoms with E-state index in [-0.39, 0.29) is 0 Å². The van der Waals surface area contributed by atoms with Gasteiger partial charge in [0, 0.05) is 0 Å². The molecular weight excluding hydrogens is 87.1 g/mol. The van der Waals surface area contributed by atoms with Crippen LogP contribution in [0, 0.1) is 0 Å². The number of thiol groups is 1. The molecule has 0 nitrogen and oxygen atoms in total. The number of hydrogen-bond donors (Lipinski definition) is 1. The second kappa shape index (κ2) is 1.92. The normalized spacial score (nSPS) is 15.5. The van der Waals surface area contributed by atoms with E-state index in [0.717, 1.165) is 0 Å². The molecule has 0 bridgehead atoms. The number of hydrogen-bond acceptors (Lipinski definition) is 1. The molecule has 1 unspecified atom stereocenters. The van der Waals surface area contributed by atoms with Crippen LogP contribution in [-0.4, -0.2) is 13.0 Å². The summed E-state index contributed by atoms with van der Waals surface area (Å²) in [6, 6.07) is 0. The van der Waals surface area contributed by atoms with Crippen molar-refractivity contribution in [3.63, 3.8) is 0 Å². The molecule has 0 amide bonds. The second-order valence-electron chi connectivity index (χ2n) is 0.735. The maximum absolute atomic E-state index is 3.96. The molecule has 0 aromatic heterocycles. The van der Waals surface area contributed by atoms with Crippen molar-refractivity contribution >= 4 is 25.3 Å². The van der Waals surface area contributed by atoms with Gasteiger partial charge in [0.2, 0.25) is 0 Å². The van der Waals surface area contributed by atoms with Crippen molar-refractivity contribution in [3.05, 3.63) is 0 Å². The Balaban J connectivity index is 2.80. The van der Waals surface area contributed by atoms with Crippen LogP contribution in [-0.2, 0) is 0 Å². The predicted molar refractivity (Wildman–Crippen MR) is 30.3 cm³/mol. The van der Waals surface area contributed by atoms with Gasteiger partial charge in [0.1, 0.15) is 0 Å². The third-order valence-electron chi connectivity index (χ3n) is 0. The van der Waals surface area contributed by atoms with E-state index in [2.05, 4.69) is 18.5 Å². The lowest BCUT2D eigenvalue weighted by molar-refractivity contribution is 2.50. The van der Waals surface area contributed by atoms with Crippen LogP contribution in [0.4, 0.5) is 0 Å². The molecule has 0 fully saturated rings. The standard InChI is InChI=1S/C2H7PS/c1-3(2)4/h3-4H,1H2,2H3. The molecule has 0 aliphatic rings. The largest absolute Gasteiger partial charge is 0.156 e. The highest BCUT2D eigenvalue weighted by Crippen LogP contribution is 2.16. The Labute approximate surface area is 32.8 Å². The van der Waals surface area contributed by atoms with Crippen molar-refractivity contribution in [2.24, 2.45) is 0 Å². The Kier molecular flexibility index (Phi) is 2.24. The van der Waals surface area contributed by atoms with Gasteiger partial charge in [-0.25, -0.2) is 0 Å². The third-order valence-corrected chi connectivity index (χ3v) is 0. The predicted octanol–water partition coefficient (Wildman–Crippen LogP) is 1.11. The van der Waals surface area contributed by atoms with E-state index < -0.39 is 6.75 Å². The molecule has 1 atom stereocenters. The molecule has 0 aromatic carbocycles. The van der Waals surface area contributed by atoms with Crippen LogP contribution in [0.15, 0.2) is 0 Å². The van der Waals surface area contributed by atoms with E-state index in [1.54, 1.807) is 0 Å². The first-order valence-corrected chi connectivity index (χ1v) is 4.57. The zero-order valence-electron chi connectivity index (χ0n) is 2.65. The summed E-state index contributed by atoms with van der Waals surface area (Å²) >= 11 is 3.96. The molecule has 0 heterocycles. The lowest BCUT2D eigenvalue weighted by atomic mass is 11.9. The molecule has 0 N–H and O–H groups in total. The van der Waals surface area contributed by atoms with Crippen LogP contribution >= 0.6 is 19.0 Å². The minimum atomic E-state index is -0.435. The van der Waals surface area contributed by atoms with Crippen LogP contribution in [0.25, 0.3) is 0 Å². The molecule has 0 aliphatic carbocycles. The third kappa shape index (κ3) is 17.1. The Morgan fingerprint density at radius 2 is 2.00 bits per heavy atom. The Morgan fingerprint density at radius 1 is 2.00 bits per heavy atom. The van der Waals surface area contributed by atoms with Gasteiger partial charge in [-0.05, 0) is 6.66 Å². The maximum Gasteiger partial charge on any atom is -0.0392 e. The molecule has 0 aromatic rings. The minimum absolute atomic E-state index is 0.435. The van der Waals surface area contributed by atoms with Gasteiger partial charge in [-0.2, -0.15) is 12.2 Å². The SMILES string of the molecule is C=[PH](C)S. The summed E-state index contributed by atoms with van der Waals surface area (Å²) in [6.07, 6.45) is 3.60. The quantitative estimate of drug-likeness (QED) is 0.337. The van der Waals surface area contributed by atoms with E-state index in [1.807, 2.05) is 6.66 Å². The van der Waals surface area contributed by atoms with E-state index >= 15 is 0 Å². The van der Waals surface area contributed by atoms with Crippen LogP contribution in [0.1, 0.15) is 0 Å². The van der Waals surface area contributed by atoms with Crippen LogP contribution in [0.5, 0.6) is 0 Å². The van der Waals surface area contributed by atoms with Crippen LogP contribution in [0.3, 0.4) is 0 Å². The van der Waals surface area contributed by atoms with Crippen molar-refractivity contribution in [2.45, 2.75) is 0 Å². The Morgan fingerprint density at radius 3 is 2.00 bits per heavy atom. The molecule has 2 heteroatoms. The topological polar surface area (TPSA) is 0 Å². The summed E-state index contributed by atoms with van der Waals surface area (Å²) < 4.78 is 0. The van der Waals surface area contributed by atoms with Gasteiger partial charge >= 0.3 is 0 Å². The van der Waals surface area contributed by atoms with Gasteiger partial charge in [-0.3, -0.25) is 0 Å². The summed E-state index contributed by atoms with van der Waals surface area (Å²) in [7, 11) is 0. The molecule has 0 radical (unpaired) electrons. The first kappa shape index (κ1) is 4.65.